The molecule has 7 aromatic carbocycles. The minimum atomic E-state index is 0. The number of hydrogen-bond acceptors (Lipinski definition) is 3. The molecule has 12 aromatic rings. The second-order valence-corrected chi connectivity index (χ2v) is 22.5. The average Bonchev–Trinajstić information content (AvgIpc) is 4.22. The van der Waals surface area contributed by atoms with Crippen LogP contribution in [0, 0.1) is 30.0 Å². The summed E-state index contributed by atoms with van der Waals surface area (Å²) in [6, 6.07) is 59.4. The zero-order valence-electron chi connectivity index (χ0n) is 46.6. The number of para-hydroxylation sites is 2. The van der Waals surface area contributed by atoms with Crippen LogP contribution in [-0.2, 0) is 78.6 Å². The van der Waals surface area contributed by atoms with Crippen molar-refractivity contribution in [1.29, 1.82) is 0 Å². The number of benzene rings is 7. The number of hydrogen-bond donors (Lipinski definition) is 0. The fourth-order valence-corrected chi connectivity index (χ4v) is 10.9. The van der Waals surface area contributed by atoms with Gasteiger partial charge in [0.15, 0.2) is 0 Å². The predicted molar refractivity (Wildman–Crippen MR) is 315 cm³/mol. The van der Waals surface area contributed by atoms with Crippen LogP contribution in [0.1, 0.15) is 116 Å². The van der Waals surface area contributed by atoms with E-state index >= 15 is 0 Å². The molecule has 0 aliphatic carbocycles. The first kappa shape index (κ1) is 59.8. The van der Waals surface area contributed by atoms with E-state index in [0.717, 1.165) is 46.3 Å². The van der Waals surface area contributed by atoms with E-state index in [1.54, 1.807) is 0 Å². The minimum absolute atomic E-state index is 0. The molecule has 6 nitrogen and oxygen atoms in total. The Morgan fingerprint density at radius 2 is 1.09 bits per heavy atom. The molecule has 78 heavy (non-hydrogen) atoms. The smallest absolute Gasteiger partial charge is 0.0639 e. The molecule has 0 aliphatic heterocycles. The first-order valence-corrected chi connectivity index (χ1v) is 26.8. The first-order chi connectivity index (χ1) is 36.2. The quantitative estimate of drug-likeness (QED) is 0.107. The zero-order chi connectivity index (χ0) is 52.5. The van der Waals surface area contributed by atoms with Gasteiger partial charge in [0, 0.05) is 114 Å². The Bertz CT molecular complexity index is 3910. The molecular formula is C69H69Ir3N6-3. The summed E-state index contributed by atoms with van der Waals surface area (Å²) in [5, 5.41) is 7.10. The summed E-state index contributed by atoms with van der Waals surface area (Å²) in [5.74, 6) is 3.05. The Kier molecular flexibility index (Phi) is 19.5. The van der Waals surface area contributed by atoms with Gasteiger partial charge in [-0.3, -0.25) is 15.0 Å². The Hall–Kier alpha value is -5.88. The molecule has 0 atom stereocenters. The van der Waals surface area contributed by atoms with Gasteiger partial charge < -0.3 is 13.4 Å². The molecule has 0 aliphatic rings. The second kappa shape index (κ2) is 25.5. The summed E-state index contributed by atoms with van der Waals surface area (Å²) in [5.41, 5.74) is 16.2. The number of imidazole rings is 3. The molecule has 405 valence electrons. The van der Waals surface area contributed by atoms with E-state index < -0.39 is 0 Å². The average molecular weight is 1560 g/mol. The van der Waals surface area contributed by atoms with Gasteiger partial charge in [0.1, 0.15) is 0 Å². The molecule has 0 amide bonds. The van der Waals surface area contributed by atoms with Gasteiger partial charge in [0.05, 0.1) is 22.8 Å². The number of aromatic nitrogens is 6. The number of rotatable bonds is 9. The largest absolute Gasteiger partial charge is 0.340 e. The molecule has 5 aromatic heterocycles. The molecule has 12 rings (SSSR count). The molecule has 0 fully saturated rings. The zero-order valence-corrected chi connectivity index (χ0v) is 53.8. The normalized spacial score (nSPS) is 11.5. The van der Waals surface area contributed by atoms with Crippen LogP contribution < -0.4 is 0 Å². The molecule has 5 heterocycles. The van der Waals surface area contributed by atoms with Crippen molar-refractivity contribution in [2.45, 2.75) is 106 Å². The van der Waals surface area contributed by atoms with E-state index in [4.69, 9.17) is 4.98 Å². The Labute approximate surface area is 502 Å². The SMILES string of the molecule is CC(C)(C)c1ccc2c(c1)c1ccc[c-]c1c1nccn21.CC(C)Cc1cccc(CC(C)C)c1-c1cnc2c3[c-]cccc3c3ccccc3n12.CC(C)c1cccc(C(C)C)c1-n1ccnc1-c1[c-]cccc1.[Ir].[Ir].[Ir]. The van der Waals surface area contributed by atoms with E-state index in [9.17, 15) is 0 Å². The number of pyridine rings is 2. The van der Waals surface area contributed by atoms with Crippen LogP contribution in [0.2, 0.25) is 0 Å². The number of fused-ring (bicyclic) bond motifs is 12. The van der Waals surface area contributed by atoms with Crippen LogP contribution in [0.25, 0.3) is 83.0 Å². The summed E-state index contributed by atoms with van der Waals surface area (Å²) in [7, 11) is 0. The first-order valence-electron chi connectivity index (χ1n) is 26.8. The monoisotopic (exact) mass is 1560 g/mol. The van der Waals surface area contributed by atoms with Gasteiger partial charge in [-0.25, -0.2) is 0 Å². The molecule has 0 unspecified atom stereocenters. The van der Waals surface area contributed by atoms with E-state index in [1.165, 1.54) is 77.3 Å². The fraction of sp³-hybridized carbons (Fsp3) is 0.261. The van der Waals surface area contributed by atoms with Crippen LogP contribution in [0.5, 0.6) is 0 Å². The molecular weight excluding hydrogens is 1490 g/mol. The van der Waals surface area contributed by atoms with Gasteiger partial charge in [0.2, 0.25) is 0 Å². The maximum Gasteiger partial charge on any atom is 0.0639 e. The summed E-state index contributed by atoms with van der Waals surface area (Å²) >= 11 is 0. The third kappa shape index (κ3) is 12.0. The van der Waals surface area contributed by atoms with E-state index in [0.29, 0.717) is 23.7 Å². The van der Waals surface area contributed by atoms with Gasteiger partial charge in [-0.1, -0.05) is 154 Å². The van der Waals surface area contributed by atoms with Crippen molar-refractivity contribution in [2.75, 3.05) is 0 Å². The van der Waals surface area contributed by atoms with Gasteiger partial charge in [-0.15, -0.1) is 95.2 Å². The van der Waals surface area contributed by atoms with Crippen molar-refractivity contribution < 1.29 is 60.3 Å². The van der Waals surface area contributed by atoms with Crippen LogP contribution in [0.15, 0.2) is 171 Å². The van der Waals surface area contributed by atoms with Gasteiger partial charge in [-0.2, -0.15) is 0 Å². The standard InChI is InChI=1S/C29H29N2.C21H23N2.C19H17N2.3Ir/c1-19(2)16-21-10-9-11-22(17-20(3)4)28(21)27-18-30-29-25-14-6-5-12-23(25)24-13-7-8-15-26(24)31(27)29;1-15(2)18-11-8-12-19(16(3)4)20(18)23-14-13-22-21(23)17-9-6-5-7-10-17;1-19(2,3)13-8-9-17-16(12-13)14-6-4-5-7-15(14)18-20-10-11-21(17)18;;;/h5-13,15,18-20H,16-17H2,1-4H3;5-9,11-16H,1-4H3;4-6,8-12H,1-3H3;;;/q3*-1;;;. The predicted octanol–water partition coefficient (Wildman–Crippen LogP) is 17.8. The molecule has 0 saturated carbocycles. The van der Waals surface area contributed by atoms with E-state index in [1.807, 2.05) is 55.0 Å². The maximum absolute atomic E-state index is 4.95. The third-order valence-electron chi connectivity index (χ3n) is 14.3. The van der Waals surface area contributed by atoms with Crippen LogP contribution in [-0.4, -0.2) is 28.3 Å². The molecule has 0 bridgehead atoms. The Morgan fingerprint density at radius 1 is 0.513 bits per heavy atom. The summed E-state index contributed by atoms with van der Waals surface area (Å²) in [6.45, 7) is 24.9. The topological polar surface area (TPSA) is 52.4 Å². The van der Waals surface area contributed by atoms with Crippen molar-refractivity contribution in [3.63, 3.8) is 0 Å². The number of nitrogens with zero attached hydrogens (tertiary/aromatic N) is 6. The van der Waals surface area contributed by atoms with Crippen molar-refractivity contribution in [2.24, 2.45) is 11.8 Å². The molecule has 0 N–H and O–H groups in total. The summed E-state index contributed by atoms with van der Waals surface area (Å²) < 4.78 is 6.73. The van der Waals surface area contributed by atoms with Crippen molar-refractivity contribution in [3.05, 3.63) is 217 Å². The second-order valence-electron chi connectivity index (χ2n) is 22.5. The van der Waals surface area contributed by atoms with Crippen LogP contribution >= 0.6 is 0 Å². The molecule has 3 radical (unpaired) electrons. The van der Waals surface area contributed by atoms with Crippen molar-refractivity contribution in [3.8, 4) is 28.3 Å². The molecule has 9 heteroatoms. The summed E-state index contributed by atoms with van der Waals surface area (Å²) in [4.78, 5) is 14.0. The maximum atomic E-state index is 4.95. The van der Waals surface area contributed by atoms with Gasteiger partial charge >= 0.3 is 0 Å². The van der Waals surface area contributed by atoms with Crippen LogP contribution in [0.3, 0.4) is 0 Å². The van der Waals surface area contributed by atoms with E-state index in [2.05, 4.69) is 233 Å². The Balaban J connectivity index is 0.000000170. The molecule has 0 spiro atoms. The fourth-order valence-electron chi connectivity index (χ4n) is 10.9. The minimum Gasteiger partial charge on any atom is -0.340 e. The van der Waals surface area contributed by atoms with E-state index in [-0.39, 0.29) is 65.7 Å². The van der Waals surface area contributed by atoms with Gasteiger partial charge in [0.25, 0.3) is 0 Å². The van der Waals surface area contributed by atoms with Gasteiger partial charge in [-0.05, 0) is 92.7 Å². The third-order valence-corrected chi connectivity index (χ3v) is 14.3. The molecule has 0 saturated heterocycles. The van der Waals surface area contributed by atoms with Crippen LogP contribution in [0.4, 0.5) is 0 Å². The summed E-state index contributed by atoms with van der Waals surface area (Å²) in [6.07, 6.45) is 12.0. The Morgan fingerprint density at radius 3 is 1.71 bits per heavy atom. The van der Waals surface area contributed by atoms with Crippen molar-refractivity contribution in [1.82, 2.24) is 28.3 Å². The van der Waals surface area contributed by atoms with Crippen molar-refractivity contribution >= 4 is 54.6 Å².